The lowest BCUT2D eigenvalue weighted by Gasteiger charge is -2.51. The van der Waals surface area contributed by atoms with Gasteiger partial charge in [-0.1, -0.05) is 0 Å². The van der Waals surface area contributed by atoms with Gasteiger partial charge < -0.3 is 19.5 Å². The van der Waals surface area contributed by atoms with Crippen LogP contribution in [0.15, 0.2) is 6.33 Å². The molecule has 0 bridgehead atoms. The molecule has 1 aromatic rings. The molecule has 1 unspecified atom stereocenters. The van der Waals surface area contributed by atoms with Gasteiger partial charge in [-0.05, 0) is 32.6 Å². The van der Waals surface area contributed by atoms with Crippen LogP contribution >= 0.6 is 0 Å². The number of hydrogen-bond donors (Lipinski definition) is 1. The summed E-state index contributed by atoms with van der Waals surface area (Å²) in [6, 6.07) is -0.121. The van der Waals surface area contributed by atoms with Gasteiger partial charge >= 0.3 is 0 Å². The highest BCUT2D eigenvalue weighted by atomic mass is 16.5. The minimum absolute atomic E-state index is 0.121. The zero-order valence-electron chi connectivity index (χ0n) is 17.2. The zero-order chi connectivity index (χ0) is 20.0. The number of ether oxygens (including phenoxy) is 1. The SMILES string of the molecule is CC(C(=O)N1CCC2(CC1)c1nc[nH]c1CCN2C(=O)C1CC1)N1CCOCC1. The molecule has 1 aromatic heterocycles. The molecule has 4 aliphatic rings. The topological polar surface area (TPSA) is 81.8 Å². The second-order valence-electron chi connectivity index (χ2n) is 8.93. The zero-order valence-corrected chi connectivity index (χ0v) is 17.2. The molecule has 2 amide bonds. The van der Waals surface area contributed by atoms with E-state index in [0.29, 0.717) is 32.2 Å². The van der Waals surface area contributed by atoms with E-state index < -0.39 is 0 Å². The van der Waals surface area contributed by atoms with Gasteiger partial charge in [0.05, 0.1) is 36.8 Å². The fraction of sp³-hybridized carbons (Fsp3) is 0.762. The van der Waals surface area contributed by atoms with E-state index in [1.165, 1.54) is 0 Å². The quantitative estimate of drug-likeness (QED) is 0.808. The summed E-state index contributed by atoms with van der Waals surface area (Å²) in [7, 11) is 0. The highest BCUT2D eigenvalue weighted by Gasteiger charge is 2.51. The molecule has 4 heterocycles. The molecular weight excluding hydrogens is 370 g/mol. The van der Waals surface area contributed by atoms with E-state index in [1.807, 2.05) is 11.8 Å². The summed E-state index contributed by atoms with van der Waals surface area (Å²) in [6.45, 7) is 7.12. The van der Waals surface area contributed by atoms with Crippen LogP contribution in [-0.4, -0.2) is 88.5 Å². The Morgan fingerprint density at radius 1 is 1.17 bits per heavy atom. The van der Waals surface area contributed by atoms with E-state index in [2.05, 4.69) is 19.8 Å². The summed E-state index contributed by atoms with van der Waals surface area (Å²) in [5.41, 5.74) is 1.84. The van der Waals surface area contributed by atoms with Gasteiger partial charge in [-0.25, -0.2) is 4.98 Å². The number of morpholine rings is 1. The average molecular weight is 402 g/mol. The van der Waals surface area contributed by atoms with Crippen LogP contribution in [0, 0.1) is 5.92 Å². The lowest BCUT2D eigenvalue weighted by Crippen LogP contribution is -2.60. The Hall–Kier alpha value is -1.93. The highest BCUT2D eigenvalue weighted by molar-refractivity contribution is 5.83. The predicted molar refractivity (Wildman–Crippen MR) is 106 cm³/mol. The van der Waals surface area contributed by atoms with E-state index in [4.69, 9.17) is 4.74 Å². The van der Waals surface area contributed by atoms with Crippen LogP contribution < -0.4 is 0 Å². The summed E-state index contributed by atoms with van der Waals surface area (Å²) in [5, 5.41) is 0. The molecular formula is C21H31N5O3. The number of fused-ring (bicyclic) bond motifs is 2. The number of carbonyl (C=O) groups excluding carboxylic acids is 2. The Balaban J connectivity index is 1.33. The maximum absolute atomic E-state index is 13.1. The second-order valence-corrected chi connectivity index (χ2v) is 8.93. The third-order valence-electron chi connectivity index (χ3n) is 7.31. The largest absolute Gasteiger partial charge is 0.379 e. The molecule has 0 aromatic carbocycles. The van der Waals surface area contributed by atoms with Gasteiger partial charge in [-0.15, -0.1) is 0 Å². The summed E-state index contributed by atoms with van der Waals surface area (Å²) in [4.78, 5) is 40.5. The van der Waals surface area contributed by atoms with E-state index in [-0.39, 0.29) is 23.4 Å². The van der Waals surface area contributed by atoms with Crippen LogP contribution in [0.25, 0.3) is 0 Å². The van der Waals surface area contributed by atoms with Crippen molar-refractivity contribution in [3.8, 4) is 0 Å². The minimum Gasteiger partial charge on any atom is -0.379 e. The number of imidazole rings is 1. The minimum atomic E-state index is -0.355. The van der Waals surface area contributed by atoms with E-state index in [9.17, 15) is 9.59 Å². The number of rotatable bonds is 3. The molecule has 1 atom stereocenters. The standard InChI is InChI=1S/C21H31N5O3/c1-15(24-10-12-29-13-11-24)19(27)25-8-5-21(6-9-25)18-17(22-14-23-18)4-7-26(21)20(28)16-2-3-16/h14-16H,2-13H2,1H3,(H,22,23). The summed E-state index contributed by atoms with van der Waals surface area (Å²) in [6.07, 6.45) is 6.17. The number of likely N-dealkylation sites (tertiary alicyclic amines) is 1. The van der Waals surface area contributed by atoms with Crippen molar-refractivity contribution in [2.24, 2.45) is 5.92 Å². The fourth-order valence-corrected chi connectivity index (χ4v) is 5.34. The number of carbonyl (C=O) groups is 2. The van der Waals surface area contributed by atoms with Crippen molar-refractivity contribution in [2.75, 3.05) is 45.9 Å². The first-order chi connectivity index (χ1) is 14.1. The molecule has 5 rings (SSSR count). The van der Waals surface area contributed by atoms with E-state index in [1.54, 1.807) is 6.33 Å². The number of hydrogen-bond acceptors (Lipinski definition) is 5. The average Bonchev–Trinajstić information content (AvgIpc) is 3.50. The Kier molecular flexibility index (Phi) is 4.86. The molecule has 8 nitrogen and oxygen atoms in total. The van der Waals surface area contributed by atoms with Gasteiger partial charge in [0.15, 0.2) is 0 Å². The maximum Gasteiger partial charge on any atom is 0.239 e. The Bertz CT molecular complexity index is 775. The van der Waals surface area contributed by atoms with Crippen molar-refractivity contribution in [3.05, 3.63) is 17.7 Å². The lowest BCUT2D eigenvalue weighted by molar-refractivity contribution is -0.147. The third kappa shape index (κ3) is 3.26. The smallest absolute Gasteiger partial charge is 0.239 e. The van der Waals surface area contributed by atoms with Gasteiger partial charge in [0, 0.05) is 50.8 Å². The molecule has 1 N–H and O–H groups in total. The molecule has 29 heavy (non-hydrogen) atoms. The predicted octanol–water partition coefficient (Wildman–Crippen LogP) is 0.743. The van der Waals surface area contributed by atoms with Crippen LogP contribution in [0.1, 0.15) is 44.0 Å². The highest BCUT2D eigenvalue weighted by Crippen LogP contribution is 2.45. The molecule has 158 valence electrons. The molecule has 2 saturated heterocycles. The van der Waals surface area contributed by atoms with Crippen molar-refractivity contribution >= 4 is 11.8 Å². The number of aromatic nitrogens is 2. The number of aromatic amines is 1. The normalized spacial score (nSPS) is 25.7. The van der Waals surface area contributed by atoms with E-state index >= 15 is 0 Å². The van der Waals surface area contributed by atoms with Crippen LogP contribution in [0.5, 0.6) is 0 Å². The fourth-order valence-electron chi connectivity index (χ4n) is 5.34. The first kappa shape index (κ1) is 19.1. The first-order valence-corrected chi connectivity index (χ1v) is 11.0. The Morgan fingerprint density at radius 2 is 1.90 bits per heavy atom. The number of nitrogens with one attached hydrogen (secondary N) is 1. The Morgan fingerprint density at radius 3 is 2.59 bits per heavy atom. The van der Waals surface area contributed by atoms with Gasteiger partial charge in [0.1, 0.15) is 0 Å². The maximum atomic E-state index is 13.1. The molecule has 8 heteroatoms. The molecule has 1 spiro atoms. The van der Waals surface area contributed by atoms with Crippen LogP contribution in [0.2, 0.25) is 0 Å². The number of piperidine rings is 1. The number of nitrogens with zero attached hydrogens (tertiary/aromatic N) is 4. The molecule has 1 aliphatic carbocycles. The summed E-state index contributed by atoms with van der Waals surface area (Å²) in [5.74, 6) is 0.688. The second kappa shape index (κ2) is 7.40. The molecule has 1 saturated carbocycles. The number of amides is 2. The van der Waals surface area contributed by atoms with Crippen molar-refractivity contribution < 1.29 is 14.3 Å². The van der Waals surface area contributed by atoms with Crippen LogP contribution in [0.4, 0.5) is 0 Å². The van der Waals surface area contributed by atoms with Crippen molar-refractivity contribution in [1.29, 1.82) is 0 Å². The molecule has 3 aliphatic heterocycles. The van der Waals surface area contributed by atoms with Crippen molar-refractivity contribution in [1.82, 2.24) is 24.7 Å². The van der Waals surface area contributed by atoms with Gasteiger partial charge in [0.2, 0.25) is 11.8 Å². The summed E-state index contributed by atoms with van der Waals surface area (Å²) < 4.78 is 5.42. The lowest BCUT2D eigenvalue weighted by atomic mass is 9.78. The van der Waals surface area contributed by atoms with Crippen LogP contribution in [0.3, 0.4) is 0 Å². The van der Waals surface area contributed by atoms with Gasteiger partial charge in [-0.3, -0.25) is 14.5 Å². The van der Waals surface area contributed by atoms with Crippen molar-refractivity contribution in [3.63, 3.8) is 0 Å². The van der Waals surface area contributed by atoms with E-state index in [0.717, 1.165) is 63.1 Å². The third-order valence-corrected chi connectivity index (χ3v) is 7.31. The molecule has 0 radical (unpaired) electrons. The Labute approximate surface area is 171 Å². The molecule has 3 fully saturated rings. The monoisotopic (exact) mass is 401 g/mol. The van der Waals surface area contributed by atoms with Gasteiger partial charge in [0.25, 0.3) is 0 Å². The number of H-pyrrole nitrogens is 1. The van der Waals surface area contributed by atoms with Gasteiger partial charge in [-0.2, -0.15) is 0 Å². The first-order valence-electron chi connectivity index (χ1n) is 11.0. The van der Waals surface area contributed by atoms with Crippen molar-refractivity contribution in [2.45, 2.75) is 50.6 Å². The van der Waals surface area contributed by atoms with Crippen LogP contribution in [-0.2, 0) is 26.3 Å². The summed E-state index contributed by atoms with van der Waals surface area (Å²) >= 11 is 0.